The largest absolute Gasteiger partial charge is 0.497 e. The molecular formula is C20H25NO3. The summed E-state index contributed by atoms with van der Waals surface area (Å²) in [4.78, 5) is 12.4. The number of hydrogen-bond donors (Lipinski definition) is 1. The van der Waals surface area contributed by atoms with Gasteiger partial charge in [0.1, 0.15) is 11.5 Å². The third-order valence-corrected chi connectivity index (χ3v) is 3.95. The van der Waals surface area contributed by atoms with E-state index >= 15 is 0 Å². The second kappa shape index (κ2) is 8.39. The zero-order valence-corrected chi connectivity index (χ0v) is 14.7. The fourth-order valence-corrected chi connectivity index (χ4v) is 2.42. The Morgan fingerprint density at radius 2 is 1.62 bits per heavy atom. The van der Waals surface area contributed by atoms with Gasteiger partial charge in [0.2, 0.25) is 0 Å². The fraction of sp³-hybridized carbons (Fsp3) is 0.350. The average molecular weight is 327 g/mol. The lowest BCUT2D eigenvalue weighted by atomic mass is 10.0. The van der Waals surface area contributed by atoms with Crippen molar-refractivity contribution in [1.29, 1.82) is 0 Å². The first-order valence-electron chi connectivity index (χ1n) is 8.21. The van der Waals surface area contributed by atoms with Crippen molar-refractivity contribution >= 4 is 5.91 Å². The molecular weight excluding hydrogens is 302 g/mol. The van der Waals surface area contributed by atoms with Crippen LogP contribution in [0.3, 0.4) is 0 Å². The van der Waals surface area contributed by atoms with E-state index in [9.17, 15) is 4.79 Å². The molecule has 0 spiro atoms. The maximum Gasteiger partial charge on any atom is 0.261 e. The highest BCUT2D eigenvalue weighted by atomic mass is 16.5. The molecule has 0 aliphatic rings. The number of carbonyl (C=O) groups is 1. The van der Waals surface area contributed by atoms with Gasteiger partial charge in [-0.25, -0.2) is 0 Å². The van der Waals surface area contributed by atoms with Crippen molar-refractivity contribution in [2.24, 2.45) is 0 Å². The summed E-state index contributed by atoms with van der Waals surface area (Å²) in [6.07, 6.45) is 0.245. The van der Waals surface area contributed by atoms with Gasteiger partial charge in [-0.15, -0.1) is 0 Å². The second-order valence-corrected chi connectivity index (χ2v) is 5.82. The summed E-state index contributed by atoms with van der Waals surface area (Å²) < 4.78 is 10.9. The minimum atomic E-state index is -0.556. The van der Waals surface area contributed by atoms with E-state index in [1.807, 2.05) is 62.4 Å². The molecule has 4 nitrogen and oxygen atoms in total. The van der Waals surface area contributed by atoms with Gasteiger partial charge in [0.15, 0.2) is 6.10 Å². The van der Waals surface area contributed by atoms with Crippen LogP contribution in [0.25, 0.3) is 0 Å². The molecule has 1 N–H and O–H groups in total. The molecule has 0 heterocycles. The van der Waals surface area contributed by atoms with Crippen molar-refractivity contribution < 1.29 is 14.3 Å². The number of aryl methyl sites for hydroxylation is 1. The second-order valence-electron chi connectivity index (χ2n) is 5.82. The SMILES string of the molecule is CC[C@H](NC(=O)[C@H](C)Oc1ccc(C)cc1)c1ccc(OC)cc1. The van der Waals surface area contributed by atoms with Crippen LogP contribution in [0.5, 0.6) is 11.5 Å². The van der Waals surface area contributed by atoms with Gasteiger partial charge < -0.3 is 14.8 Å². The number of amides is 1. The highest BCUT2D eigenvalue weighted by Crippen LogP contribution is 2.20. The normalized spacial score (nSPS) is 13.0. The molecule has 0 bridgehead atoms. The molecule has 24 heavy (non-hydrogen) atoms. The van der Waals surface area contributed by atoms with Crippen LogP contribution >= 0.6 is 0 Å². The molecule has 0 fully saturated rings. The summed E-state index contributed by atoms with van der Waals surface area (Å²) in [5.74, 6) is 1.37. The number of rotatable bonds is 7. The summed E-state index contributed by atoms with van der Waals surface area (Å²) in [6.45, 7) is 5.82. The topological polar surface area (TPSA) is 47.6 Å². The van der Waals surface area contributed by atoms with Gasteiger partial charge in [0.05, 0.1) is 13.2 Å². The summed E-state index contributed by atoms with van der Waals surface area (Å²) in [5.41, 5.74) is 2.21. The summed E-state index contributed by atoms with van der Waals surface area (Å²) >= 11 is 0. The molecule has 2 aromatic rings. The van der Waals surface area contributed by atoms with E-state index in [0.717, 1.165) is 23.3 Å². The quantitative estimate of drug-likeness (QED) is 0.835. The molecule has 0 aromatic heterocycles. The van der Waals surface area contributed by atoms with E-state index < -0.39 is 6.10 Å². The van der Waals surface area contributed by atoms with Gasteiger partial charge in [-0.3, -0.25) is 4.79 Å². The Kier molecular flexibility index (Phi) is 6.24. The molecule has 128 valence electrons. The maximum atomic E-state index is 12.4. The Labute approximate surface area is 143 Å². The number of benzene rings is 2. The molecule has 0 unspecified atom stereocenters. The highest BCUT2D eigenvalue weighted by molar-refractivity contribution is 5.81. The lowest BCUT2D eigenvalue weighted by Crippen LogP contribution is -2.38. The lowest BCUT2D eigenvalue weighted by Gasteiger charge is -2.21. The van der Waals surface area contributed by atoms with Gasteiger partial charge in [0.25, 0.3) is 5.91 Å². The van der Waals surface area contributed by atoms with E-state index in [4.69, 9.17) is 9.47 Å². The molecule has 0 aliphatic carbocycles. The van der Waals surface area contributed by atoms with Gasteiger partial charge in [-0.2, -0.15) is 0 Å². The number of carbonyl (C=O) groups excluding carboxylic acids is 1. The monoisotopic (exact) mass is 327 g/mol. The zero-order chi connectivity index (χ0) is 17.5. The van der Waals surface area contributed by atoms with E-state index in [-0.39, 0.29) is 11.9 Å². The Bertz CT molecular complexity index is 650. The molecule has 0 radical (unpaired) electrons. The lowest BCUT2D eigenvalue weighted by molar-refractivity contribution is -0.128. The first-order valence-corrected chi connectivity index (χ1v) is 8.21. The Balaban J connectivity index is 1.98. The molecule has 0 saturated heterocycles. The highest BCUT2D eigenvalue weighted by Gasteiger charge is 2.19. The van der Waals surface area contributed by atoms with Crippen LogP contribution in [0, 0.1) is 6.92 Å². The Morgan fingerprint density at radius 1 is 1.04 bits per heavy atom. The number of ether oxygens (including phenoxy) is 2. The van der Waals surface area contributed by atoms with Crippen molar-refractivity contribution in [1.82, 2.24) is 5.32 Å². The number of nitrogens with one attached hydrogen (secondary N) is 1. The van der Waals surface area contributed by atoms with Crippen molar-refractivity contribution in [3.05, 3.63) is 59.7 Å². The fourth-order valence-electron chi connectivity index (χ4n) is 2.42. The van der Waals surface area contributed by atoms with Crippen LogP contribution < -0.4 is 14.8 Å². The molecule has 1 amide bonds. The maximum absolute atomic E-state index is 12.4. The van der Waals surface area contributed by atoms with Gasteiger partial charge in [0, 0.05) is 0 Å². The van der Waals surface area contributed by atoms with Crippen molar-refractivity contribution in [2.75, 3.05) is 7.11 Å². The van der Waals surface area contributed by atoms with Crippen LogP contribution in [0.1, 0.15) is 37.4 Å². The summed E-state index contributed by atoms with van der Waals surface area (Å²) in [5, 5.41) is 3.05. The molecule has 2 rings (SSSR count). The molecule has 2 atom stereocenters. The third-order valence-electron chi connectivity index (χ3n) is 3.95. The molecule has 4 heteroatoms. The van der Waals surface area contributed by atoms with Gasteiger partial charge in [-0.1, -0.05) is 36.8 Å². The van der Waals surface area contributed by atoms with E-state index in [0.29, 0.717) is 5.75 Å². The van der Waals surface area contributed by atoms with Crippen LogP contribution in [0.15, 0.2) is 48.5 Å². The Hall–Kier alpha value is -2.49. The van der Waals surface area contributed by atoms with E-state index in [2.05, 4.69) is 5.32 Å². The first-order chi connectivity index (χ1) is 11.5. The van der Waals surface area contributed by atoms with E-state index in [1.54, 1.807) is 14.0 Å². The van der Waals surface area contributed by atoms with Crippen LogP contribution in [-0.4, -0.2) is 19.1 Å². The number of hydrogen-bond acceptors (Lipinski definition) is 3. The van der Waals surface area contributed by atoms with Crippen molar-refractivity contribution in [3.8, 4) is 11.5 Å². The van der Waals surface area contributed by atoms with Gasteiger partial charge >= 0.3 is 0 Å². The zero-order valence-electron chi connectivity index (χ0n) is 14.7. The molecule has 2 aromatic carbocycles. The predicted octanol–water partition coefficient (Wildman–Crippen LogP) is 4.04. The summed E-state index contributed by atoms with van der Waals surface area (Å²) in [6, 6.07) is 15.4. The molecule has 0 saturated carbocycles. The minimum Gasteiger partial charge on any atom is -0.497 e. The minimum absolute atomic E-state index is 0.0486. The Morgan fingerprint density at radius 3 is 2.17 bits per heavy atom. The molecule has 0 aliphatic heterocycles. The van der Waals surface area contributed by atoms with Crippen molar-refractivity contribution in [3.63, 3.8) is 0 Å². The van der Waals surface area contributed by atoms with Crippen molar-refractivity contribution in [2.45, 2.75) is 39.3 Å². The van der Waals surface area contributed by atoms with Crippen LogP contribution in [0.2, 0.25) is 0 Å². The third kappa shape index (κ3) is 4.75. The summed E-state index contributed by atoms with van der Waals surface area (Å²) in [7, 11) is 1.64. The average Bonchev–Trinajstić information content (AvgIpc) is 2.61. The van der Waals surface area contributed by atoms with Crippen LogP contribution in [-0.2, 0) is 4.79 Å². The van der Waals surface area contributed by atoms with Crippen LogP contribution in [0.4, 0.5) is 0 Å². The standard InChI is InChI=1S/C20H25NO3/c1-5-19(16-8-12-17(23-4)13-9-16)21-20(22)15(3)24-18-10-6-14(2)7-11-18/h6-13,15,19H,5H2,1-4H3,(H,21,22)/t15-,19-/m0/s1. The predicted molar refractivity (Wildman–Crippen MR) is 95.4 cm³/mol. The smallest absolute Gasteiger partial charge is 0.261 e. The van der Waals surface area contributed by atoms with Gasteiger partial charge in [-0.05, 0) is 50.1 Å². The first kappa shape index (κ1) is 17.9. The number of methoxy groups -OCH3 is 1. The van der Waals surface area contributed by atoms with E-state index in [1.165, 1.54) is 0 Å².